The third-order valence-corrected chi connectivity index (χ3v) is 5.62. The quantitative estimate of drug-likeness (QED) is 0.304. The minimum atomic E-state index is -4.48. The van der Waals surface area contributed by atoms with E-state index in [1.807, 2.05) is 37.3 Å². The van der Waals surface area contributed by atoms with Crippen LogP contribution in [-0.4, -0.2) is 14.5 Å². The molecule has 4 nitrogen and oxygen atoms in total. The van der Waals surface area contributed by atoms with E-state index in [2.05, 4.69) is 16.0 Å². The average molecular weight is 442 g/mol. The number of hydrogen-bond donors (Lipinski definition) is 0. The van der Waals surface area contributed by atoms with Gasteiger partial charge in [0, 0.05) is 22.0 Å². The van der Waals surface area contributed by atoms with Crippen LogP contribution >= 0.6 is 0 Å². The first-order chi connectivity index (χ1) is 15.8. The van der Waals surface area contributed by atoms with E-state index in [0.29, 0.717) is 33.7 Å². The summed E-state index contributed by atoms with van der Waals surface area (Å²) in [5.41, 5.74) is 3.44. The second-order valence-electron chi connectivity index (χ2n) is 7.87. The fourth-order valence-electron chi connectivity index (χ4n) is 4.24. The van der Waals surface area contributed by atoms with Gasteiger partial charge in [0.25, 0.3) is 0 Å². The molecular weight excluding hydrogens is 425 g/mol. The molecule has 2 heterocycles. The van der Waals surface area contributed by atoms with Crippen molar-refractivity contribution in [3.05, 3.63) is 89.4 Å². The highest BCUT2D eigenvalue weighted by atomic mass is 19.4. The number of para-hydroxylation sites is 1. The minimum Gasteiger partial charge on any atom is -0.308 e. The van der Waals surface area contributed by atoms with Gasteiger partial charge in [0.2, 0.25) is 0 Å². The molecule has 0 atom stereocenters. The predicted molar refractivity (Wildman–Crippen MR) is 121 cm³/mol. The molecule has 0 aliphatic heterocycles. The highest BCUT2D eigenvalue weighted by Crippen LogP contribution is 2.38. The largest absolute Gasteiger partial charge is 0.416 e. The summed E-state index contributed by atoms with van der Waals surface area (Å²) in [7, 11) is 0. The lowest BCUT2D eigenvalue weighted by Crippen LogP contribution is -2.05. The number of rotatable bonds is 2. The molecule has 5 aromatic rings. The van der Waals surface area contributed by atoms with Gasteiger partial charge in [-0.15, -0.1) is 0 Å². The number of hydrogen-bond acceptors (Lipinski definition) is 3. The SMILES string of the molecule is Cc1cc(-c2ccc(C#N)c(-n3c4ccccc4c4ccc(C(F)(F)F)cc43)c2)nc(C)n1. The maximum absolute atomic E-state index is 13.5. The Hall–Kier alpha value is -4.18. The van der Waals surface area contributed by atoms with Crippen molar-refractivity contribution in [1.29, 1.82) is 5.26 Å². The van der Waals surface area contributed by atoms with Gasteiger partial charge in [-0.05, 0) is 50.2 Å². The Balaban J connectivity index is 1.87. The third kappa shape index (κ3) is 3.50. The highest BCUT2D eigenvalue weighted by Gasteiger charge is 2.31. The van der Waals surface area contributed by atoms with E-state index in [1.165, 1.54) is 6.07 Å². The van der Waals surface area contributed by atoms with Crippen molar-refractivity contribution < 1.29 is 13.2 Å². The molecule has 0 radical (unpaired) electrons. The van der Waals surface area contributed by atoms with E-state index in [0.717, 1.165) is 34.3 Å². The van der Waals surface area contributed by atoms with Crippen molar-refractivity contribution in [2.75, 3.05) is 0 Å². The normalized spacial score (nSPS) is 11.8. The van der Waals surface area contributed by atoms with E-state index >= 15 is 0 Å². The van der Waals surface area contributed by atoms with E-state index in [-0.39, 0.29) is 0 Å². The molecule has 3 aromatic carbocycles. The Labute approximate surface area is 187 Å². The van der Waals surface area contributed by atoms with E-state index in [4.69, 9.17) is 0 Å². The van der Waals surface area contributed by atoms with Crippen LogP contribution in [-0.2, 0) is 6.18 Å². The second-order valence-corrected chi connectivity index (χ2v) is 7.87. The zero-order valence-corrected chi connectivity index (χ0v) is 17.8. The molecule has 33 heavy (non-hydrogen) atoms. The number of aryl methyl sites for hydroxylation is 2. The molecule has 0 N–H and O–H groups in total. The van der Waals surface area contributed by atoms with Gasteiger partial charge in [-0.3, -0.25) is 0 Å². The molecule has 0 saturated heterocycles. The fourth-order valence-corrected chi connectivity index (χ4v) is 4.24. The first kappa shape index (κ1) is 20.7. The summed E-state index contributed by atoms with van der Waals surface area (Å²) in [6, 6.07) is 20.4. The van der Waals surface area contributed by atoms with Crippen LogP contribution in [0.15, 0.2) is 66.7 Å². The van der Waals surface area contributed by atoms with E-state index < -0.39 is 11.7 Å². The Morgan fingerprint density at radius 2 is 1.61 bits per heavy atom. The number of benzene rings is 3. The maximum atomic E-state index is 13.5. The highest BCUT2D eigenvalue weighted by molar-refractivity contribution is 6.09. The number of fused-ring (bicyclic) bond motifs is 3. The number of nitriles is 1. The van der Waals surface area contributed by atoms with Crippen molar-refractivity contribution in [2.45, 2.75) is 20.0 Å². The van der Waals surface area contributed by atoms with Crippen molar-refractivity contribution in [3.8, 4) is 23.0 Å². The molecule has 0 aliphatic rings. The molecule has 0 amide bonds. The van der Waals surface area contributed by atoms with Gasteiger partial charge in [0.15, 0.2) is 0 Å². The second kappa shape index (κ2) is 7.45. The Morgan fingerprint density at radius 1 is 0.848 bits per heavy atom. The Kier molecular flexibility index (Phi) is 4.68. The molecule has 162 valence electrons. The molecular formula is C26H17F3N4. The lowest BCUT2D eigenvalue weighted by atomic mass is 10.1. The smallest absolute Gasteiger partial charge is 0.308 e. The zero-order chi connectivity index (χ0) is 23.3. The van der Waals surface area contributed by atoms with Crippen LogP contribution in [0.5, 0.6) is 0 Å². The van der Waals surface area contributed by atoms with Gasteiger partial charge in [0.05, 0.1) is 33.5 Å². The minimum absolute atomic E-state index is 0.348. The third-order valence-electron chi connectivity index (χ3n) is 5.62. The van der Waals surface area contributed by atoms with Gasteiger partial charge >= 0.3 is 6.18 Å². The van der Waals surface area contributed by atoms with E-state index in [1.54, 1.807) is 29.7 Å². The van der Waals surface area contributed by atoms with Crippen LogP contribution in [0.2, 0.25) is 0 Å². The van der Waals surface area contributed by atoms with Crippen LogP contribution in [0.3, 0.4) is 0 Å². The number of nitrogens with zero attached hydrogens (tertiary/aromatic N) is 4. The summed E-state index contributed by atoms with van der Waals surface area (Å²) in [6.45, 7) is 3.67. The molecule has 0 spiro atoms. The molecule has 0 saturated carbocycles. The maximum Gasteiger partial charge on any atom is 0.416 e. The summed E-state index contributed by atoms with van der Waals surface area (Å²) in [6.07, 6.45) is -4.48. The standard InChI is InChI=1S/C26H17F3N4/c1-15-11-22(32-16(2)31-15)17-7-8-18(14-30)24(12-17)33-23-6-4-3-5-20(23)21-10-9-19(13-25(21)33)26(27,28)29/h3-13H,1-2H3. The molecule has 2 aromatic heterocycles. The fraction of sp³-hybridized carbons (Fsp3) is 0.115. The summed E-state index contributed by atoms with van der Waals surface area (Å²) in [5.74, 6) is 0.614. The lowest BCUT2D eigenvalue weighted by molar-refractivity contribution is -0.137. The Morgan fingerprint density at radius 3 is 2.33 bits per heavy atom. The molecule has 0 fully saturated rings. The summed E-state index contributed by atoms with van der Waals surface area (Å²) < 4.78 is 42.3. The first-order valence-corrected chi connectivity index (χ1v) is 10.2. The molecule has 0 aliphatic carbocycles. The number of halogens is 3. The van der Waals surface area contributed by atoms with Crippen molar-refractivity contribution in [2.24, 2.45) is 0 Å². The van der Waals surface area contributed by atoms with Crippen LogP contribution in [0, 0.1) is 25.2 Å². The van der Waals surface area contributed by atoms with Gasteiger partial charge in [0.1, 0.15) is 11.9 Å². The average Bonchev–Trinajstić information content (AvgIpc) is 3.11. The first-order valence-electron chi connectivity index (χ1n) is 10.2. The van der Waals surface area contributed by atoms with Crippen LogP contribution in [0.25, 0.3) is 38.8 Å². The molecule has 0 unspecified atom stereocenters. The molecule has 5 rings (SSSR count). The van der Waals surface area contributed by atoms with Gasteiger partial charge in [-0.25, -0.2) is 9.97 Å². The molecule has 0 bridgehead atoms. The summed E-state index contributed by atoms with van der Waals surface area (Å²) in [4.78, 5) is 8.81. The van der Waals surface area contributed by atoms with Crippen molar-refractivity contribution in [1.82, 2.24) is 14.5 Å². The summed E-state index contributed by atoms with van der Waals surface area (Å²) in [5, 5.41) is 11.3. The van der Waals surface area contributed by atoms with E-state index in [9.17, 15) is 18.4 Å². The number of aromatic nitrogens is 3. The van der Waals surface area contributed by atoms with Crippen molar-refractivity contribution in [3.63, 3.8) is 0 Å². The molecule has 7 heteroatoms. The van der Waals surface area contributed by atoms with Crippen LogP contribution in [0.1, 0.15) is 22.6 Å². The van der Waals surface area contributed by atoms with Gasteiger partial charge in [-0.1, -0.05) is 30.3 Å². The monoisotopic (exact) mass is 442 g/mol. The van der Waals surface area contributed by atoms with Crippen LogP contribution < -0.4 is 0 Å². The Bertz CT molecular complexity index is 1570. The number of alkyl halides is 3. The lowest BCUT2D eigenvalue weighted by Gasteiger charge is -2.13. The van der Waals surface area contributed by atoms with Crippen LogP contribution in [0.4, 0.5) is 13.2 Å². The van der Waals surface area contributed by atoms with Gasteiger partial charge < -0.3 is 4.57 Å². The predicted octanol–water partition coefficient (Wildman–Crippen LogP) is 6.75. The summed E-state index contributed by atoms with van der Waals surface area (Å²) >= 11 is 0. The zero-order valence-electron chi connectivity index (χ0n) is 17.8. The topological polar surface area (TPSA) is 54.5 Å². The van der Waals surface area contributed by atoms with Gasteiger partial charge in [-0.2, -0.15) is 18.4 Å². The van der Waals surface area contributed by atoms with Crippen molar-refractivity contribution >= 4 is 21.8 Å².